The van der Waals surface area contributed by atoms with Crippen LogP contribution in [-0.4, -0.2) is 36.9 Å². The van der Waals surface area contributed by atoms with Crippen LogP contribution in [0.2, 0.25) is 0 Å². The maximum absolute atomic E-state index is 11.3. The molecule has 2 N–H and O–H groups in total. The Morgan fingerprint density at radius 1 is 1.44 bits per heavy atom. The highest BCUT2D eigenvalue weighted by molar-refractivity contribution is 7.90. The van der Waals surface area contributed by atoms with Gasteiger partial charge in [0.1, 0.15) is 0 Å². The molecule has 0 spiro atoms. The molecule has 18 heavy (non-hydrogen) atoms. The van der Waals surface area contributed by atoms with Crippen LogP contribution in [0.1, 0.15) is 20.3 Å². The fourth-order valence-corrected chi connectivity index (χ4v) is 2.59. The summed E-state index contributed by atoms with van der Waals surface area (Å²) >= 11 is 0. The second-order valence-electron chi connectivity index (χ2n) is 5.43. The molecular weight excluding hydrogens is 252 g/mol. The van der Waals surface area contributed by atoms with Gasteiger partial charge >= 0.3 is 0 Å². The first-order chi connectivity index (χ1) is 8.21. The Morgan fingerprint density at radius 2 is 2.11 bits per heavy atom. The van der Waals surface area contributed by atoms with E-state index in [1.54, 1.807) is 6.07 Å². The minimum absolute atomic E-state index is 0.0703. The lowest BCUT2D eigenvalue weighted by molar-refractivity contribution is -0.0510. The molecule has 1 saturated carbocycles. The molecule has 0 saturated heterocycles. The summed E-state index contributed by atoms with van der Waals surface area (Å²) < 4.78 is 22.5. The summed E-state index contributed by atoms with van der Waals surface area (Å²) in [6.07, 6.45) is 3.05. The van der Waals surface area contributed by atoms with Crippen LogP contribution >= 0.6 is 0 Å². The first-order valence-electron chi connectivity index (χ1n) is 5.82. The van der Waals surface area contributed by atoms with E-state index >= 15 is 0 Å². The van der Waals surface area contributed by atoms with Gasteiger partial charge in [0.15, 0.2) is 14.9 Å². The van der Waals surface area contributed by atoms with E-state index < -0.39 is 9.84 Å². The zero-order valence-electron chi connectivity index (χ0n) is 10.7. The Balaban J connectivity index is 2.09. The highest BCUT2D eigenvalue weighted by Gasteiger charge is 2.47. The Kier molecular flexibility index (Phi) is 3.11. The minimum Gasteiger partial charge on any atom is -0.392 e. The molecule has 1 aromatic heterocycles. The number of nitrogens with zero attached hydrogens (tertiary/aromatic N) is 1. The number of hydrogen-bond donors (Lipinski definition) is 2. The first-order valence-corrected chi connectivity index (χ1v) is 7.71. The number of rotatable bonds is 3. The van der Waals surface area contributed by atoms with Gasteiger partial charge in [-0.25, -0.2) is 13.4 Å². The summed E-state index contributed by atoms with van der Waals surface area (Å²) in [6.45, 7) is 3.99. The van der Waals surface area contributed by atoms with Crippen molar-refractivity contribution in [3.05, 3.63) is 18.3 Å². The zero-order chi connectivity index (χ0) is 13.6. The van der Waals surface area contributed by atoms with Gasteiger partial charge in [0, 0.05) is 17.7 Å². The molecule has 1 heterocycles. The fraction of sp³-hybridized carbons (Fsp3) is 0.583. The lowest BCUT2D eigenvalue weighted by Crippen LogP contribution is -2.56. The van der Waals surface area contributed by atoms with Gasteiger partial charge in [-0.15, -0.1) is 0 Å². The normalized spacial score (nSPS) is 26.4. The van der Waals surface area contributed by atoms with Crippen LogP contribution in [0, 0.1) is 5.41 Å². The van der Waals surface area contributed by atoms with Gasteiger partial charge in [-0.2, -0.15) is 0 Å². The van der Waals surface area contributed by atoms with Crippen molar-refractivity contribution in [3.63, 3.8) is 0 Å². The molecule has 1 fully saturated rings. The Bertz CT molecular complexity index is 537. The Labute approximate surface area is 107 Å². The molecule has 2 atom stereocenters. The molecule has 1 aliphatic rings. The van der Waals surface area contributed by atoms with E-state index in [2.05, 4.69) is 10.3 Å². The van der Waals surface area contributed by atoms with Crippen molar-refractivity contribution in [2.45, 2.75) is 37.4 Å². The number of hydrogen-bond acceptors (Lipinski definition) is 5. The number of aliphatic hydroxyl groups excluding tert-OH is 1. The molecule has 0 aromatic carbocycles. The van der Waals surface area contributed by atoms with Crippen LogP contribution in [-0.2, 0) is 9.84 Å². The summed E-state index contributed by atoms with van der Waals surface area (Å²) in [6, 6.07) is 3.36. The van der Waals surface area contributed by atoms with Gasteiger partial charge in [-0.1, -0.05) is 13.8 Å². The van der Waals surface area contributed by atoms with Gasteiger partial charge in [0.05, 0.1) is 18.0 Å². The summed E-state index contributed by atoms with van der Waals surface area (Å²) in [5.41, 5.74) is 0.600. The van der Waals surface area contributed by atoms with Crippen LogP contribution in [0.3, 0.4) is 0 Å². The van der Waals surface area contributed by atoms with Gasteiger partial charge in [-0.05, 0) is 18.6 Å². The lowest BCUT2D eigenvalue weighted by Gasteiger charge is -2.49. The molecule has 6 heteroatoms. The molecule has 1 aromatic rings. The predicted molar refractivity (Wildman–Crippen MR) is 69.2 cm³/mol. The van der Waals surface area contributed by atoms with Gasteiger partial charge in [0.25, 0.3) is 0 Å². The molecule has 0 amide bonds. The number of aliphatic hydroxyl groups is 1. The standard InChI is InChI=1S/C12H18N2O3S/c1-12(2)9(6-10(12)15)14-8-4-5-11(13-7-8)18(3,16)17/h4-5,7,9-10,14-15H,6H2,1-3H3. The number of anilines is 1. The third kappa shape index (κ3) is 2.35. The van der Waals surface area contributed by atoms with E-state index in [1.165, 1.54) is 12.3 Å². The summed E-state index contributed by atoms with van der Waals surface area (Å²) in [5, 5.41) is 13.0. The third-order valence-corrected chi connectivity index (χ3v) is 4.67. The number of sulfone groups is 1. The van der Waals surface area contributed by atoms with Crippen LogP contribution in [0.5, 0.6) is 0 Å². The Hall–Kier alpha value is -1.14. The van der Waals surface area contributed by atoms with E-state index in [1.807, 2.05) is 13.8 Å². The molecule has 1 aliphatic carbocycles. The largest absolute Gasteiger partial charge is 0.392 e. The van der Waals surface area contributed by atoms with Crippen LogP contribution < -0.4 is 5.32 Å². The molecule has 2 unspecified atom stereocenters. The van der Waals surface area contributed by atoms with Crippen LogP contribution in [0.15, 0.2) is 23.4 Å². The maximum atomic E-state index is 11.3. The molecule has 100 valence electrons. The van der Waals surface area contributed by atoms with E-state index in [0.29, 0.717) is 6.42 Å². The van der Waals surface area contributed by atoms with Crippen LogP contribution in [0.25, 0.3) is 0 Å². The van der Waals surface area contributed by atoms with Gasteiger partial charge in [0.2, 0.25) is 0 Å². The monoisotopic (exact) mass is 270 g/mol. The van der Waals surface area contributed by atoms with Crippen molar-refractivity contribution in [2.24, 2.45) is 5.41 Å². The highest BCUT2D eigenvalue weighted by Crippen LogP contribution is 2.42. The molecule has 0 aliphatic heterocycles. The number of aromatic nitrogens is 1. The molecule has 2 rings (SSSR count). The third-order valence-electron chi connectivity index (χ3n) is 3.67. The van der Waals surface area contributed by atoms with E-state index in [4.69, 9.17) is 0 Å². The van der Waals surface area contributed by atoms with Crippen molar-refractivity contribution < 1.29 is 13.5 Å². The van der Waals surface area contributed by atoms with Crippen molar-refractivity contribution in [2.75, 3.05) is 11.6 Å². The number of pyridine rings is 1. The van der Waals surface area contributed by atoms with Crippen LogP contribution in [0.4, 0.5) is 5.69 Å². The molecule has 0 radical (unpaired) electrons. The SMILES string of the molecule is CC1(C)C(O)CC1Nc1ccc(S(C)(=O)=O)nc1. The maximum Gasteiger partial charge on any atom is 0.192 e. The lowest BCUT2D eigenvalue weighted by atomic mass is 9.64. The van der Waals surface area contributed by atoms with Crippen molar-refractivity contribution in [1.82, 2.24) is 4.98 Å². The molecule has 5 nitrogen and oxygen atoms in total. The zero-order valence-corrected chi connectivity index (χ0v) is 11.5. The van der Waals surface area contributed by atoms with Gasteiger partial charge < -0.3 is 10.4 Å². The average Bonchev–Trinajstić information content (AvgIpc) is 2.28. The van der Waals surface area contributed by atoms with Crippen molar-refractivity contribution in [1.29, 1.82) is 0 Å². The second-order valence-corrected chi connectivity index (χ2v) is 7.39. The smallest absolute Gasteiger partial charge is 0.192 e. The van der Waals surface area contributed by atoms with Crippen molar-refractivity contribution in [3.8, 4) is 0 Å². The van der Waals surface area contributed by atoms with E-state index in [-0.39, 0.29) is 22.6 Å². The van der Waals surface area contributed by atoms with Crippen molar-refractivity contribution >= 4 is 15.5 Å². The average molecular weight is 270 g/mol. The quantitative estimate of drug-likeness (QED) is 0.858. The summed E-state index contributed by atoms with van der Waals surface area (Å²) in [7, 11) is -3.25. The molecular formula is C12H18N2O3S. The first kappa shape index (κ1) is 13.3. The second kappa shape index (κ2) is 4.20. The highest BCUT2D eigenvalue weighted by atomic mass is 32.2. The van der Waals surface area contributed by atoms with Gasteiger partial charge in [-0.3, -0.25) is 0 Å². The topological polar surface area (TPSA) is 79.3 Å². The summed E-state index contributed by atoms with van der Waals surface area (Å²) in [5.74, 6) is 0. The summed E-state index contributed by atoms with van der Waals surface area (Å²) in [4.78, 5) is 3.92. The number of nitrogens with one attached hydrogen (secondary N) is 1. The van der Waals surface area contributed by atoms with E-state index in [9.17, 15) is 13.5 Å². The van der Waals surface area contributed by atoms with E-state index in [0.717, 1.165) is 11.9 Å². The minimum atomic E-state index is -3.25. The Morgan fingerprint density at radius 3 is 2.50 bits per heavy atom. The molecule has 0 bridgehead atoms. The predicted octanol–water partition coefficient (Wildman–Crippen LogP) is 1.06. The fourth-order valence-electron chi connectivity index (χ4n) is 2.03.